The zero-order chi connectivity index (χ0) is 15.0. The number of urea groups is 1. The van der Waals surface area contributed by atoms with Crippen LogP contribution < -0.4 is 5.32 Å². The van der Waals surface area contributed by atoms with Gasteiger partial charge in [0.15, 0.2) is 0 Å². The van der Waals surface area contributed by atoms with Gasteiger partial charge in [0, 0.05) is 6.04 Å². The summed E-state index contributed by atoms with van der Waals surface area (Å²) in [5, 5.41) is 11.8. The van der Waals surface area contributed by atoms with Crippen molar-refractivity contribution < 1.29 is 14.7 Å². The minimum absolute atomic E-state index is 0.0131. The maximum absolute atomic E-state index is 12.1. The Labute approximate surface area is 120 Å². The predicted molar refractivity (Wildman–Crippen MR) is 77.2 cm³/mol. The van der Waals surface area contributed by atoms with Gasteiger partial charge < -0.3 is 15.3 Å². The van der Waals surface area contributed by atoms with E-state index in [4.69, 9.17) is 11.5 Å². The Hall–Kier alpha value is -1.70. The molecular formula is C15H24N2O3. The van der Waals surface area contributed by atoms with Crippen molar-refractivity contribution in [3.63, 3.8) is 0 Å². The molecule has 1 aliphatic rings. The first-order chi connectivity index (χ1) is 9.58. The summed E-state index contributed by atoms with van der Waals surface area (Å²) in [4.78, 5) is 24.1. The number of amides is 2. The van der Waals surface area contributed by atoms with Gasteiger partial charge in [0.25, 0.3) is 0 Å². The molecule has 0 aliphatic heterocycles. The van der Waals surface area contributed by atoms with Gasteiger partial charge in [-0.25, -0.2) is 4.79 Å². The number of rotatable bonds is 6. The lowest BCUT2D eigenvalue weighted by molar-refractivity contribution is -0.137. The number of carboxylic acid groups (broad SMARTS) is 1. The maximum Gasteiger partial charge on any atom is 0.323 e. The van der Waals surface area contributed by atoms with E-state index in [9.17, 15) is 9.59 Å². The summed E-state index contributed by atoms with van der Waals surface area (Å²) >= 11 is 0. The van der Waals surface area contributed by atoms with Crippen LogP contribution in [0, 0.1) is 18.3 Å². The molecule has 1 fully saturated rings. The maximum atomic E-state index is 12.1. The fraction of sp³-hybridized carbons (Fsp3) is 0.733. The van der Waals surface area contributed by atoms with Crippen LogP contribution in [0.4, 0.5) is 4.79 Å². The van der Waals surface area contributed by atoms with E-state index >= 15 is 0 Å². The number of hydrogen-bond donors (Lipinski definition) is 2. The molecule has 1 unspecified atom stereocenters. The molecule has 0 bridgehead atoms. The highest BCUT2D eigenvalue weighted by molar-refractivity contribution is 5.80. The zero-order valence-corrected chi connectivity index (χ0v) is 12.1. The molecule has 0 aromatic carbocycles. The van der Waals surface area contributed by atoms with Gasteiger partial charge in [-0.1, -0.05) is 32.1 Å². The van der Waals surface area contributed by atoms with Gasteiger partial charge in [-0.05, 0) is 25.2 Å². The first kappa shape index (κ1) is 16.4. The molecule has 0 spiro atoms. The third kappa shape index (κ3) is 5.12. The molecular weight excluding hydrogens is 256 g/mol. The Morgan fingerprint density at radius 1 is 1.40 bits per heavy atom. The van der Waals surface area contributed by atoms with Crippen molar-refractivity contribution in [3.05, 3.63) is 0 Å². The largest absolute Gasteiger partial charge is 0.480 e. The van der Waals surface area contributed by atoms with Crippen LogP contribution in [0.5, 0.6) is 0 Å². The molecule has 1 saturated carbocycles. The van der Waals surface area contributed by atoms with E-state index in [0.29, 0.717) is 5.92 Å². The number of aliphatic carboxylic acids is 1. The Balaban J connectivity index is 2.59. The number of carboxylic acids is 1. The second kappa shape index (κ2) is 8.47. The van der Waals surface area contributed by atoms with E-state index in [1.807, 2.05) is 6.92 Å². The third-order valence-corrected chi connectivity index (χ3v) is 3.86. The molecule has 112 valence electrons. The summed E-state index contributed by atoms with van der Waals surface area (Å²) < 4.78 is 0. The highest BCUT2D eigenvalue weighted by Gasteiger charge is 2.25. The second-order valence-corrected chi connectivity index (χ2v) is 5.32. The van der Waals surface area contributed by atoms with Crippen molar-refractivity contribution in [3.8, 4) is 12.3 Å². The summed E-state index contributed by atoms with van der Waals surface area (Å²) in [7, 11) is 0. The van der Waals surface area contributed by atoms with E-state index < -0.39 is 5.97 Å². The van der Waals surface area contributed by atoms with Gasteiger partial charge in [0.1, 0.15) is 6.54 Å². The zero-order valence-electron chi connectivity index (χ0n) is 12.1. The van der Waals surface area contributed by atoms with Crippen LogP contribution >= 0.6 is 0 Å². The Morgan fingerprint density at radius 3 is 2.55 bits per heavy atom. The summed E-state index contributed by atoms with van der Waals surface area (Å²) in [6.07, 6.45) is 12.0. The minimum atomic E-state index is -1.05. The van der Waals surface area contributed by atoms with Crippen LogP contribution in [0.1, 0.15) is 45.4 Å². The lowest BCUT2D eigenvalue weighted by Gasteiger charge is -2.31. The van der Waals surface area contributed by atoms with Crippen LogP contribution in [0.15, 0.2) is 0 Å². The van der Waals surface area contributed by atoms with E-state index in [1.54, 1.807) is 0 Å². The Bertz CT molecular complexity index is 370. The molecule has 20 heavy (non-hydrogen) atoms. The number of carbonyl (C=O) groups excluding carboxylic acids is 1. The van der Waals surface area contributed by atoms with Crippen molar-refractivity contribution in [2.45, 2.75) is 51.5 Å². The highest BCUT2D eigenvalue weighted by Crippen LogP contribution is 2.27. The van der Waals surface area contributed by atoms with Gasteiger partial charge in [0.2, 0.25) is 0 Å². The van der Waals surface area contributed by atoms with Gasteiger partial charge in [-0.3, -0.25) is 4.79 Å². The van der Waals surface area contributed by atoms with Crippen molar-refractivity contribution in [1.29, 1.82) is 0 Å². The van der Waals surface area contributed by atoms with Crippen LogP contribution in [-0.2, 0) is 4.79 Å². The van der Waals surface area contributed by atoms with Crippen molar-refractivity contribution in [1.82, 2.24) is 10.2 Å². The molecule has 5 nitrogen and oxygen atoms in total. The SMILES string of the molecule is C#CCN(CC(=O)O)C(=O)NC(CC)C1CCCCC1. The van der Waals surface area contributed by atoms with E-state index in [1.165, 1.54) is 19.3 Å². The van der Waals surface area contributed by atoms with Gasteiger partial charge in [-0.2, -0.15) is 0 Å². The lowest BCUT2D eigenvalue weighted by Crippen LogP contribution is -2.49. The average Bonchev–Trinajstić information content (AvgIpc) is 2.44. The number of nitrogens with zero attached hydrogens (tertiary/aromatic N) is 1. The minimum Gasteiger partial charge on any atom is -0.480 e. The first-order valence-corrected chi connectivity index (χ1v) is 7.29. The standard InChI is InChI=1S/C15H24N2O3/c1-3-10-17(11-14(18)19)15(20)16-13(4-2)12-8-6-5-7-9-12/h1,12-13H,4-11H2,2H3,(H,16,20)(H,18,19). The fourth-order valence-corrected chi connectivity index (χ4v) is 2.81. The number of hydrogen-bond acceptors (Lipinski definition) is 2. The van der Waals surface area contributed by atoms with Gasteiger partial charge >= 0.3 is 12.0 Å². The molecule has 0 aromatic rings. The number of carbonyl (C=O) groups is 2. The lowest BCUT2D eigenvalue weighted by atomic mass is 9.83. The van der Waals surface area contributed by atoms with Crippen molar-refractivity contribution in [2.24, 2.45) is 5.92 Å². The monoisotopic (exact) mass is 280 g/mol. The van der Waals surface area contributed by atoms with E-state index in [0.717, 1.165) is 24.2 Å². The molecule has 2 N–H and O–H groups in total. The molecule has 0 radical (unpaired) electrons. The summed E-state index contributed by atoms with van der Waals surface area (Å²) in [5.41, 5.74) is 0. The topological polar surface area (TPSA) is 69.6 Å². The normalized spacial score (nSPS) is 17.0. The van der Waals surface area contributed by atoms with E-state index in [-0.39, 0.29) is 25.2 Å². The molecule has 0 heterocycles. The Morgan fingerprint density at radius 2 is 2.05 bits per heavy atom. The Kier molecular flexibility index (Phi) is 6.92. The molecule has 0 saturated heterocycles. The van der Waals surface area contributed by atoms with Gasteiger partial charge in [0.05, 0.1) is 6.54 Å². The third-order valence-electron chi connectivity index (χ3n) is 3.86. The quantitative estimate of drug-likeness (QED) is 0.732. The molecule has 1 rings (SSSR count). The molecule has 2 amide bonds. The molecule has 1 atom stereocenters. The van der Waals surface area contributed by atoms with Crippen LogP contribution in [0.25, 0.3) is 0 Å². The van der Waals surface area contributed by atoms with Crippen LogP contribution in [0.2, 0.25) is 0 Å². The summed E-state index contributed by atoms with van der Waals surface area (Å²) in [5.74, 6) is 1.77. The number of nitrogens with one attached hydrogen (secondary N) is 1. The molecule has 5 heteroatoms. The summed E-state index contributed by atoms with van der Waals surface area (Å²) in [6, 6.07) is -0.264. The van der Waals surface area contributed by atoms with Crippen molar-refractivity contribution in [2.75, 3.05) is 13.1 Å². The van der Waals surface area contributed by atoms with E-state index in [2.05, 4.69) is 11.2 Å². The van der Waals surface area contributed by atoms with Crippen LogP contribution in [-0.4, -0.2) is 41.1 Å². The first-order valence-electron chi connectivity index (χ1n) is 7.29. The average molecular weight is 280 g/mol. The highest BCUT2D eigenvalue weighted by atomic mass is 16.4. The van der Waals surface area contributed by atoms with Crippen molar-refractivity contribution >= 4 is 12.0 Å². The fourth-order valence-electron chi connectivity index (χ4n) is 2.81. The summed E-state index contributed by atoms with van der Waals surface area (Å²) in [6.45, 7) is 1.69. The smallest absolute Gasteiger partial charge is 0.323 e. The second-order valence-electron chi connectivity index (χ2n) is 5.32. The molecule has 1 aliphatic carbocycles. The predicted octanol–water partition coefficient (Wildman–Crippen LogP) is 2.07. The molecule has 0 aromatic heterocycles. The van der Waals surface area contributed by atoms with Gasteiger partial charge in [-0.15, -0.1) is 6.42 Å². The van der Waals surface area contributed by atoms with Crippen LogP contribution in [0.3, 0.4) is 0 Å². The number of terminal acetylenes is 1.